The highest BCUT2D eigenvalue weighted by atomic mass is 32.2. The lowest BCUT2D eigenvalue weighted by molar-refractivity contribution is -0.127. The predicted molar refractivity (Wildman–Crippen MR) is 104 cm³/mol. The van der Waals surface area contributed by atoms with Gasteiger partial charge in [-0.05, 0) is 25.0 Å². The normalized spacial score (nSPS) is 13.4. The van der Waals surface area contributed by atoms with E-state index in [1.165, 1.54) is 11.8 Å². The highest BCUT2D eigenvalue weighted by Crippen LogP contribution is 2.24. The van der Waals surface area contributed by atoms with Crippen LogP contribution in [0.1, 0.15) is 33.6 Å². The van der Waals surface area contributed by atoms with Gasteiger partial charge in [-0.1, -0.05) is 42.5 Å². The minimum absolute atomic E-state index is 0.0833. The fraction of sp³-hybridized carbons (Fsp3) is 0.286. The van der Waals surface area contributed by atoms with Gasteiger partial charge >= 0.3 is 5.97 Å². The molecule has 1 fully saturated rings. The molecule has 0 spiro atoms. The lowest BCUT2D eigenvalue weighted by atomic mass is 10.1. The van der Waals surface area contributed by atoms with Gasteiger partial charge < -0.3 is 9.64 Å². The lowest BCUT2D eigenvalue weighted by Crippen LogP contribution is -2.29. The summed E-state index contributed by atoms with van der Waals surface area (Å²) in [6, 6.07) is 15.7. The van der Waals surface area contributed by atoms with Crippen molar-refractivity contribution in [2.45, 2.75) is 17.7 Å². The van der Waals surface area contributed by atoms with Crippen molar-refractivity contribution >= 4 is 29.4 Å². The van der Waals surface area contributed by atoms with Crippen LogP contribution in [0.3, 0.4) is 0 Å². The lowest BCUT2D eigenvalue weighted by Gasteiger charge is -2.15. The topological polar surface area (TPSA) is 63.7 Å². The number of benzene rings is 2. The number of Topliss-reactive ketones (excluding diaryl/α,β-unsaturated/α-hetero) is 1. The van der Waals surface area contributed by atoms with Crippen molar-refractivity contribution < 1.29 is 19.1 Å². The Morgan fingerprint density at radius 1 is 0.926 bits per heavy atom. The molecule has 0 atom stereocenters. The smallest absolute Gasteiger partial charge is 0.339 e. The summed E-state index contributed by atoms with van der Waals surface area (Å²) >= 11 is 1.32. The molecular weight excluding hydrogens is 362 g/mol. The third-order valence-corrected chi connectivity index (χ3v) is 5.41. The highest BCUT2D eigenvalue weighted by Gasteiger charge is 2.20. The number of carbonyl (C=O) groups is 3. The molecule has 0 N–H and O–H groups in total. The van der Waals surface area contributed by atoms with E-state index in [1.54, 1.807) is 42.5 Å². The van der Waals surface area contributed by atoms with Crippen molar-refractivity contribution in [3.05, 3.63) is 65.7 Å². The highest BCUT2D eigenvalue weighted by molar-refractivity contribution is 8.00. The molecule has 3 rings (SSSR count). The number of rotatable bonds is 7. The number of hydrogen-bond donors (Lipinski definition) is 0. The largest absolute Gasteiger partial charge is 0.454 e. The first-order valence-corrected chi connectivity index (χ1v) is 9.88. The Bertz CT molecular complexity index is 816. The standard InChI is InChI=1S/C21H21NO4S/c23-18(16-8-2-1-3-9-16)14-26-21(25)17-10-4-5-11-19(17)27-15-20(24)22-12-6-7-13-22/h1-5,8-11H,6-7,12-15H2. The molecule has 1 heterocycles. The fourth-order valence-corrected chi connectivity index (χ4v) is 3.82. The van der Waals surface area contributed by atoms with Crippen LogP contribution in [0.5, 0.6) is 0 Å². The number of carbonyl (C=O) groups excluding carboxylic acids is 3. The maximum Gasteiger partial charge on any atom is 0.339 e. The first kappa shape index (κ1) is 19.2. The number of ketones is 1. The first-order valence-electron chi connectivity index (χ1n) is 8.90. The van der Waals surface area contributed by atoms with Crippen molar-refractivity contribution in [3.8, 4) is 0 Å². The third kappa shape index (κ3) is 5.20. The van der Waals surface area contributed by atoms with E-state index in [2.05, 4.69) is 0 Å². The van der Waals surface area contributed by atoms with E-state index in [9.17, 15) is 14.4 Å². The van der Waals surface area contributed by atoms with E-state index in [4.69, 9.17) is 4.74 Å². The average molecular weight is 383 g/mol. The van der Waals surface area contributed by atoms with Crippen LogP contribution in [0.2, 0.25) is 0 Å². The van der Waals surface area contributed by atoms with E-state index in [1.807, 2.05) is 17.0 Å². The monoisotopic (exact) mass is 383 g/mol. The van der Waals surface area contributed by atoms with E-state index in [0.717, 1.165) is 25.9 Å². The molecule has 140 valence electrons. The van der Waals surface area contributed by atoms with Gasteiger partial charge in [0.2, 0.25) is 5.91 Å². The van der Waals surface area contributed by atoms with Gasteiger partial charge in [0.15, 0.2) is 12.4 Å². The van der Waals surface area contributed by atoms with Crippen molar-refractivity contribution in [1.82, 2.24) is 4.90 Å². The number of amides is 1. The molecule has 0 unspecified atom stereocenters. The van der Waals surface area contributed by atoms with Gasteiger partial charge in [0.25, 0.3) is 0 Å². The number of nitrogens with zero attached hydrogens (tertiary/aromatic N) is 1. The molecule has 27 heavy (non-hydrogen) atoms. The SMILES string of the molecule is O=C(COC(=O)c1ccccc1SCC(=O)N1CCCC1)c1ccccc1. The van der Waals surface area contributed by atoms with Gasteiger partial charge in [0, 0.05) is 23.5 Å². The Kier molecular flexibility index (Phi) is 6.65. The van der Waals surface area contributed by atoms with Crippen LogP contribution in [0.4, 0.5) is 0 Å². The van der Waals surface area contributed by atoms with Crippen LogP contribution < -0.4 is 0 Å². The fourth-order valence-electron chi connectivity index (χ4n) is 2.87. The summed E-state index contributed by atoms with van der Waals surface area (Å²) < 4.78 is 5.19. The Morgan fingerprint density at radius 2 is 1.59 bits per heavy atom. The van der Waals surface area contributed by atoms with Gasteiger partial charge in [0.05, 0.1) is 11.3 Å². The van der Waals surface area contributed by atoms with Crippen LogP contribution in [0, 0.1) is 0 Å². The van der Waals surface area contributed by atoms with Gasteiger partial charge in [-0.15, -0.1) is 11.8 Å². The summed E-state index contributed by atoms with van der Waals surface area (Å²) in [6.45, 7) is 1.31. The second kappa shape index (κ2) is 9.37. The average Bonchev–Trinajstić information content (AvgIpc) is 3.26. The predicted octanol–water partition coefficient (Wildman–Crippen LogP) is 3.44. The molecule has 1 aliphatic rings. The van der Waals surface area contributed by atoms with Crippen LogP contribution in [-0.2, 0) is 9.53 Å². The zero-order valence-electron chi connectivity index (χ0n) is 14.9. The summed E-state index contributed by atoms with van der Waals surface area (Å²) in [5.41, 5.74) is 0.877. The molecule has 2 aromatic rings. The Hall–Kier alpha value is -2.60. The summed E-state index contributed by atoms with van der Waals surface area (Å²) in [7, 11) is 0. The van der Waals surface area contributed by atoms with Crippen molar-refractivity contribution in [3.63, 3.8) is 0 Å². The second-order valence-corrected chi connectivity index (χ2v) is 7.26. The first-order chi connectivity index (χ1) is 13.1. The van der Waals surface area contributed by atoms with Crippen molar-refractivity contribution in [2.24, 2.45) is 0 Å². The molecule has 1 saturated heterocycles. The Morgan fingerprint density at radius 3 is 2.33 bits per heavy atom. The van der Waals surface area contributed by atoms with Crippen molar-refractivity contribution in [2.75, 3.05) is 25.4 Å². The summed E-state index contributed by atoms with van der Waals surface area (Å²) in [4.78, 5) is 39.3. The molecule has 0 aromatic heterocycles. The summed E-state index contributed by atoms with van der Waals surface area (Å²) in [5, 5.41) is 0. The van der Waals surface area contributed by atoms with Gasteiger partial charge in [0.1, 0.15) is 0 Å². The molecule has 0 aliphatic carbocycles. The molecule has 0 saturated carbocycles. The zero-order chi connectivity index (χ0) is 19.1. The number of likely N-dealkylation sites (tertiary alicyclic amines) is 1. The Balaban J connectivity index is 1.58. The summed E-state index contributed by atoms with van der Waals surface area (Å²) in [5.74, 6) is -0.443. The molecule has 0 bridgehead atoms. The molecule has 5 nitrogen and oxygen atoms in total. The van der Waals surface area contributed by atoms with Gasteiger partial charge in [-0.25, -0.2) is 4.79 Å². The zero-order valence-corrected chi connectivity index (χ0v) is 15.7. The Labute approximate surface area is 162 Å². The molecule has 2 aromatic carbocycles. The van der Waals surface area contributed by atoms with E-state index < -0.39 is 5.97 Å². The summed E-state index contributed by atoms with van der Waals surface area (Å²) in [6.07, 6.45) is 2.10. The number of hydrogen-bond acceptors (Lipinski definition) is 5. The molecule has 0 radical (unpaired) electrons. The minimum atomic E-state index is -0.559. The number of thioether (sulfide) groups is 1. The van der Waals surface area contributed by atoms with Gasteiger partial charge in [-0.3, -0.25) is 9.59 Å². The van der Waals surface area contributed by atoms with E-state index in [0.29, 0.717) is 16.0 Å². The quantitative estimate of drug-likeness (QED) is 0.416. The third-order valence-electron chi connectivity index (χ3n) is 4.35. The number of esters is 1. The molecule has 1 amide bonds. The maximum atomic E-state index is 12.4. The van der Waals surface area contributed by atoms with E-state index >= 15 is 0 Å². The minimum Gasteiger partial charge on any atom is -0.454 e. The van der Waals surface area contributed by atoms with Crippen LogP contribution >= 0.6 is 11.8 Å². The van der Waals surface area contributed by atoms with Crippen LogP contribution in [0.15, 0.2) is 59.5 Å². The van der Waals surface area contributed by atoms with Crippen LogP contribution in [0.25, 0.3) is 0 Å². The molecular formula is C21H21NO4S. The van der Waals surface area contributed by atoms with Crippen molar-refractivity contribution in [1.29, 1.82) is 0 Å². The van der Waals surface area contributed by atoms with Crippen LogP contribution in [-0.4, -0.2) is 48.0 Å². The number of ether oxygens (including phenoxy) is 1. The van der Waals surface area contributed by atoms with Gasteiger partial charge in [-0.2, -0.15) is 0 Å². The van der Waals surface area contributed by atoms with E-state index in [-0.39, 0.29) is 24.1 Å². The molecule has 6 heteroatoms. The maximum absolute atomic E-state index is 12.4. The second-order valence-electron chi connectivity index (χ2n) is 6.24. The molecule has 1 aliphatic heterocycles.